The monoisotopic (exact) mass is 1010 g/mol. The van der Waals surface area contributed by atoms with Gasteiger partial charge in [0.25, 0.3) is 0 Å². The summed E-state index contributed by atoms with van der Waals surface area (Å²) in [5.41, 5.74) is 8.03. The molecule has 0 N–H and O–H groups in total. The second-order valence-electron chi connectivity index (χ2n) is 20.2. The summed E-state index contributed by atoms with van der Waals surface area (Å²) < 4.78 is 50.4. The van der Waals surface area contributed by atoms with Crippen molar-refractivity contribution in [1.29, 1.82) is 0 Å². The van der Waals surface area contributed by atoms with Crippen LogP contribution in [0.1, 0.15) is 105 Å². The van der Waals surface area contributed by atoms with Gasteiger partial charge >= 0.3 is 21.1 Å². The summed E-state index contributed by atoms with van der Waals surface area (Å²) in [7, 11) is 0. The average Bonchev–Trinajstić information content (AvgIpc) is 3.84. The predicted octanol–water partition coefficient (Wildman–Crippen LogP) is 15.5. The van der Waals surface area contributed by atoms with E-state index in [1.807, 2.05) is 48.5 Å². The molecule has 0 aliphatic heterocycles. The van der Waals surface area contributed by atoms with E-state index < -0.39 is 11.6 Å². The summed E-state index contributed by atoms with van der Waals surface area (Å²) in [6, 6.07) is 34.5. The third-order valence-electron chi connectivity index (χ3n) is 11.2. The fraction of sp³-hybridized carbons (Fsp3) is 0.296. The number of hydrogen-bond donors (Lipinski definition) is 0. The molecular weight excluding hydrogens is 958 g/mol. The van der Waals surface area contributed by atoms with Crippen LogP contribution in [0.15, 0.2) is 106 Å². The van der Waals surface area contributed by atoms with Gasteiger partial charge < -0.3 is 13.6 Å². The first-order chi connectivity index (χ1) is 28.5. The Morgan fingerprint density at radius 1 is 0.468 bits per heavy atom. The fourth-order valence-corrected chi connectivity index (χ4v) is 7.36. The summed E-state index contributed by atoms with van der Waals surface area (Å²) in [4.78, 5) is 9.13. The van der Waals surface area contributed by atoms with Gasteiger partial charge in [0.15, 0.2) is 11.6 Å². The molecule has 0 atom stereocenters. The van der Waals surface area contributed by atoms with Crippen LogP contribution in [0.4, 0.5) is 8.78 Å². The molecule has 0 aliphatic carbocycles. The molecular formula is C54H52F2N2O3Pt. The van der Waals surface area contributed by atoms with E-state index in [0.29, 0.717) is 67.5 Å². The molecule has 0 amide bonds. The molecule has 5 nitrogen and oxygen atoms in total. The van der Waals surface area contributed by atoms with Gasteiger partial charge in [-0.2, -0.15) is 0 Å². The third kappa shape index (κ3) is 8.92. The maximum atomic E-state index is 15.4. The molecule has 0 unspecified atom stereocenters. The van der Waals surface area contributed by atoms with Gasteiger partial charge in [0.2, 0.25) is 0 Å². The van der Waals surface area contributed by atoms with Crippen LogP contribution in [0, 0.1) is 23.8 Å². The van der Waals surface area contributed by atoms with Crippen molar-refractivity contribution in [3.8, 4) is 56.7 Å². The van der Waals surface area contributed by atoms with E-state index >= 15 is 8.78 Å². The number of rotatable bonds is 6. The number of nitrogens with zero attached hydrogens (tertiary/aromatic N) is 2. The summed E-state index contributed by atoms with van der Waals surface area (Å²) in [5, 5.41) is 0.655. The van der Waals surface area contributed by atoms with Gasteiger partial charge in [-0.1, -0.05) is 156 Å². The molecule has 0 spiro atoms. The van der Waals surface area contributed by atoms with Crippen molar-refractivity contribution >= 4 is 21.9 Å². The zero-order valence-electron chi connectivity index (χ0n) is 37.4. The third-order valence-corrected chi connectivity index (χ3v) is 11.2. The van der Waals surface area contributed by atoms with Crippen molar-refractivity contribution in [2.75, 3.05) is 0 Å². The maximum absolute atomic E-state index is 15.4. The minimum atomic E-state index is -0.477. The van der Waals surface area contributed by atoms with E-state index in [0.717, 1.165) is 22.3 Å². The maximum Gasteiger partial charge on any atom is 2.00 e. The van der Waals surface area contributed by atoms with Gasteiger partial charge in [-0.15, -0.1) is 34.4 Å². The zero-order valence-corrected chi connectivity index (χ0v) is 39.7. The molecule has 0 radical (unpaired) electrons. The van der Waals surface area contributed by atoms with Gasteiger partial charge in [-0.25, -0.2) is 8.78 Å². The molecule has 0 bridgehead atoms. The summed E-state index contributed by atoms with van der Waals surface area (Å²) in [6.45, 7) is 25.7. The van der Waals surface area contributed by atoms with E-state index in [1.54, 1.807) is 12.1 Å². The Morgan fingerprint density at radius 2 is 0.806 bits per heavy atom. The number of ether oxygens (including phenoxy) is 1. The number of pyridine rings is 2. The van der Waals surface area contributed by atoms with Crippen molar-refractivity contribution in [3.05, 3.63) is 143 Å². The molecule has 0 fully saturated rings. The van der Waals surface area contributed by atoms with Gasteiger partial charge in [0.05, 0.1) is 23.2 Å². The van der Waals surface area contributed by atoms with Crippen LogP contribution in [-0.4, -0.2) is 9.97 Å². The second kappa shape index (κ2) is 16.1. The van der Waals surface area contributed by atoms with E-state index in [-0.39, 0.29) is 42.7 Å². The molecule has 0 saturated carbocycles. The first-order valence-corrected chi connectivity index (χ1v) is 20.8. The Hall–Kier alpha value is -5.39. The van der Waals surface area contributed by atoms with E-state index in [1.165, 1.54) is 23.5 Å². The van der Waals surface area contributed by atoms with Gasteiger partial charge in [0.1, 0.15) is 22.7 Å². The van der Waals surface area contributed by atoms with E-state index in [9.17, 15) is 0 Å². The number of halogens is 2. The van der Waals surface area contributed by atoms with Crippen LogP contribution < -0.4 is 4.74 Å². The SMILES string of the molecule is CC(C)(C)c1ccc(-c2cc3c(F)cnc(-c4[c-]c(Oc5[c-]c(-c6ncc(F)c7cc(-c8ccc(C(C)(C)C)cc8)oc67)cc(C(C)(C)C)c5)cc(C(C)(C)C)c4)c3o2)cc1.[Pt+2]. The molecule has 0 aliphatic rings. The van der Waals surface area contributed by atoms with E-state index in [2.05, 4.69) is 129 Å². The second-order valence-corrected chi connectivity index (χ2v) is 20.2. The van der Waals surface area contributed by atoms with Crippen LogP contribution in [0.2, 0.25) is 0 Å². The molecule has 0 saturated heterocycles. The Labute approximate surface area is 378 Å². The van der Waals surface area contributed by atoms with Gasteiger partial charge in [-0.3, -0.25) is 9.97 Å². The minimum absolute atomic E-state index is 0. The van der Waals surface area contributed by atoms with Gasteiger partial charge in [0, 0.05) is 34.0 Å². The Bertz CT molecular complexity index is 2730. The zero-order chi connectivity index (χ0) is 43.8. The van der Waals surface area contributed by atoms with Crippen molar-refractivity contribution in [2.24, 2.45) is 0 Å². The Balaban J connectivity index is 0.00000578. The first-order valence-electron chi connectivity index (χ1n) is 20.8. The molecule has 8 heteroatoms. The largest absolute Gasteiger partial charge is 2.00 e. The smallest absolute Gasteiger partial charge is 0.497 e. The number of fused-ring (bicyclic) bond motifs is 2. The number of hydrogen-bond acceptors (Lipinski definition) is 5. The summed E-state index contributed by atoms with van der Waals surface area (Å²) in [5.74, 6) is 0.953. The molecule has 8 rings (SSSR count). The quantitative estimate of drug-likeness (QED) is 0.155. The topological polar surface area (TPSA) is 61.3 Å². The molecule has 4 aromatic heterocycles. The Morgan fingerprint density at radius 3 is 1.13 bits per heavy atom. The fourth-order valence-electron chi connectivity index (χ4n) is 7.36. The van der Waals surface area contributed by atoms with Crippen LogP contribution in [-0.2, 0) is 42.7 Å². The molecule has 8 aromatic rings. The number of furan rings is 2. The van der Waals surface area contributed by atoms with Crippen molar-refractivity contribution in [1.82, 2.24) is 9.97 Å². The van der Waals surface area contributed by atoms with Crippen LogP contribution in [0.3, 0.4) is 0 Å². The molecule has 320 valence electrons. The predicted molar refractivity (Wildman–Crippen MR) is 242 cm³/mol. The minimum Gasteiger partial charge on any atom is -0.497 e. The van der Waals surface area contributed by atoms with Crippen molar-refractivity contribution < 1.29 is 43.4 Å². The summed E-state index contributed by atoms with van der Waals surface area (Å²) >= 11 is 0. The standard InChI is InChI=1S/C54H52F2N2O3.Pt/c1-51(2,3)35-17-13-31(14-18-35)45-27-41-43(55)29-57-47(49(41)60-45)33-21-37(53(7,8)9)25-39(23-33)59-40-24-34(22-38(26-40)54(10,11)12)48-50-42(44(56)30-58-48)28-46(61-50)32-15-19-36(20-16-32)52(4,5)6;/h13-22,25-30H,1-12H3;/q-2;+2. The Kier molecular flexibility index (Phi) is 11.6. The van der Waals surface area contributed by atoms with Crippen LogP contribution >= 0.6 is 0 Å². The van der Waals surface area contributed by atoms with Crippen molar-refractivity contribution in [2.45, 2.75) is 105 Å². The molecule has 62 heavy (non-hydrogen) atoms. The number of aromatic nitrogens is 2. The first kappa shape index (κ1) is 44.7. The van der Waals surface area contributed by atoms with Crippen molar-refractivity contribution in [3.63, 3.8) is 0 Å². The van der Waals surface area contributed by atoms with Crippen LogP contribution in [0.5, 0.6) is 11.5 Å². The normalized spacial score (nSPS) is 12.5. The van der Waals surface area contributed by atoms with Crippen LogP contribution in [0.25, 0.3) is 67.1 Å². The molecule has 4 heterocycles. The van der Waals surface area contributed by atoms with E-state index in [4.69, 9.17) is 13.6 Å². The average molecular weight is 1010 g/mol. The number of benzene rings is 4. The summed E-state index contributed by atoms with van der Waals surface area (Å²) in [6.07, 6.45) is 2.45. The molecule has 4 aromatic carbocycles. The van der Waals surface area contributed by atoms with Gasteiger partial charge in [-0.05, 0) is 44.9 Å².